The number of thiophene rings is 1. The summed E-state index contributed by atoms with van der Waals surface area (Å²) >= 11 is 4.42. The Kier molecular flexibility index (Phi) is 8.30. The molecule has 4 N–H and O–H groups in total. The van der Waals surface area contributed by atoms with E-state index in [0.29, 0.717) is 4.88 Å². The number of carbonyl (C=O) groups excluding carboxylic acids is 2. The summed E-state index contributed by atoms with van der Waals surface area (Å²) in [7, 11) is 0. The van der Waals surface area contributed by atoms with Gasteiger partial charge >= 0.3 is 0 Å². The number of amides is 2. The molecule has 0 spiro atoms. The van der Waals surface area contributed by atoms with Crippen LogP contribution >= 0.6 is 39.7 Å². The summed E-state index contributed by atoms with van der Waals surface area (Å²) in [6, 6.07) is 2.38. The van der Waals surface area contributed by atoms with Gasteiger partial charge in [-0.2, -0.15) is 0 Å². The van der Waals surface area contributed by atoms with Crippen LogP contribution < -0.4 is 16.4 Å². The Labute approximate surface area is 139 Å². The fourth-order valence-electron chi connectivity index (χ4n) is 1.21. The lowest BCUT2D eigenvalue weighted by atomic mass is 10.2. The van der Waals surface area contributed by atoms with E-state index >= 15 is 0 Å². The number of rotatable bonds is 6. The van der Waals surface area contributed by atoms with Crippen molar-refractivity contribution in [1.82, 2.24) is 10.6 Å². The maximum atomic E-state index is 12.9. The van der Waals surface area contributed by atoms with Gasteiger partial charge in [-0.3, -0.25) is 9.59 Å². The molecule has 1 heterocycles. The van der Waals surface area contributed by atoms with Gasteiger partial charge in [0.2, 0.25) is 5.91 Å². The van der Waals surface area contributed by atoms with Crippen LogP contribution in [0.5, 0.6) is 0 Å². The summed E-state index contributed by atoms with van der Waals surface area (Å²) in [5.74, 6) is -4.28. The highest BCUT2D eigenvalue weighted by Crippen LogP contribution is 2.21. The molecule has 0 aromatic carbocycles. The number of carbonyl (C=O) groups is 2. The van der Waals surface area contributed by atoms with Gasteiger partial charge < -0.3 is 16.4 Å². The number of nitrogens with one attached hydrogen (secondary N) is 2. The molecule has 0 fully saturated rings. The van der Waals surface area contributed by atoms with E-state index in [4.69, 9.17) is 5.73 Å². The Hall–Kier alpha value is -0.770. The van der Waals surface area contributed by atoms with Gasteiger partial charge in [-0.15, -0.1) is 23.7 Å². The molecule has 0 saturated carbocycles. The molecule has 10 heteroatoms. The first kappa shape index (κ1) is 20.2. The molecule has 1 atom stereocenters. The standard InChI is InChI=1S/C11H14BrF2N3O2S.ClH/c1-6(9(18)16-5-11(13,14)4-15)17-10(19)7-2-3-8(12)20-7;/h2-3,6H,4-5,15H2,1H3,(H,16,18)(H,17,19);1H. The second-order valence-corrected chi connectivity index (χ2v) is 6.54. The third-order valence-corrected chi connectivity index (χ3v) is 3.98. The first-order chi connectivity index (χ1) is 9.25. The lowest BCUT2D eigenvalue weighted by Crippen LogP contribution is -2.49. The predicted octanol–water partition coefficient (Wildman–Crippen LogP) is 1.76. The van der Waals surface area contributed by atoms with Crippen LogP contribution in [0.15, 0.2) is 15.9 Å². The molecule has 1 aromatic rings. The molecular weight excluding hydrogens is 392 g/mol. The summed E-state index contributed by atoms with van der Waals surface area (Å²) in [6.45, 7) is -0.291. The van der Waals surface area contributed by atoms with Crippen LogP contribution in [-0.2, 0) is 4.79 Å². The number of hydrogen-bond acceptors (Lipinski definition) is 4. The smallest absolute Gasteiger partial charge is 0.277 e. The third-order valence-electron chi connectivity index (χ3n) is 2.36. The fraction of sp³-hybridized carbons (Fsp3) is 0.455. The van der Waals surface area contributed by atoms with Gasteiger partial charge in [0.1, 0.15) is 6.04 Å². The van der Waals surface area contributed by atoms with Crippen molar-refractivity contribution in [2.45, 2.75) is 18.9 Å². The molecule has 2 amide bonds. The van der Waals surface area contributed by atoms with Crippen LogP contribution in [0.4, 0.5) is 8.78 Å². The topological polar surface area (TPSA) is 84.2 Å². The summed E-state index contributed by atoms with van der Waals surface area (Å²) in [5, 5.41) is 4.47. The summed E-state index contributed by atoms with van der Waals surface area (Å²) in [6.07, 6.45) is 0. The van der Waals surface area contributed by atoms with Crippen molar-refractivity contribution in [3.05, 3.63) is 20.8 Å². The summed E-state index contributed by atoms with van der Waals surface area (Å²) in [4.78, 5) is 23.8. The highest BCUT2D eigenvalue weighted by Gasteiger charge is 2.28. The molecule has 1 rings (SSSR count). The Morgan fingerprint density at radius 1 is 1.48 bits per heavy atom. The van der Waals surface area contributed by atoms with Gasteiger partial charge in [0.05, 0.1) is 21.8 Å². The highest BCUT2D eigenvalue weighted by atomic mass is 79.9. The zero-order valence-electron chi connectivity index (χ0n) is 11.0. The van der Waals surface area contributed by atoms with Crippen molar-refractivity contribution in [3.63, 3.8) is 0 Å². The van der Waals surface area contributed by atoms with E-state index in [2.05, 4.69) is 21.2 Å². The van der Waals surface area contributed by atoms with E-state index < -0.39 is 36.9 Å². The van der Waals surface area contributed by atoms with Crippen LogP contribution in [0.25, 0.3) is 0 Å². The van der Waals surface area contributed by atoms with Crippen molar-refractivity contribution in [1.29, 1.82) is 0 Å². The van der Waals surface area contributed by atoms with Gasteiger partial charge in [0.25, 0.3) is 11.8 Å². The maximum absolute atomic E-state index is 12.9. The van der Waals surface area contributed by atoms with Crippen LogP contribution in [0.1, 0.15) is 16.6 Å². The molecule has 1 aromatic heterocycles. The molecule has 5 nitrogen and oxygen atoms in total. The summed E-state index contributed by atoms with van der Waals surface area (Å²) < 4.78 is 26.5. The number of nitrogens with two attached hydrogens (primary N) is 1. The highest BCUT2D eigenvalue weighted by molar-refractivity contribution is 9.11. The normalized spacial score (nSPS) is 12.2. The van der Waals surface area contributed by atoms with E-state index in [0.717, 1.165) is 3.79 Å². The fourth-order valence-corrected chi connectivity index (χ4v) is 2.50. The number of halogens is 4. The SMILES string of the molecule is CC(NC(=O)c1ccc(Br)s1)C(=O)NCC(F)(F)CN.Cl. The molecule has 0 bridgehead atoms. The first-order valence-electron chi connectivity index (χ1n) is 5.67. The maximum Gasteiger partial charge on any atom is 0.277 e. The molecular formula is C11H15BrClF2N3O2S. The van der Waals surface area contributed by atoms with E-state index in [1.54, 1.807) is 12.1 Å². The molecule has 0 radical (unpaired) electrons. The van der Waals surface area contributed by atoms with E-state index in [9.17, 15) is 18.4 Å². The molecule has 0 saturated heterocycles. The van der Waals surface area contributed by atoms with Crippen molar-refractivity contribution in [2.75, 3.05) is 13.1 Å². The molecule has 1 unspecified atom stereocenters. The molecule has 120 valence electrons. The van der Waals surface area contributed by atoms with Crippen LogP contribution in [0, 0.1) is 0 Å². The number of alkyl halides is 2. The van der Waals surface area contributed by atoms with E-state index in [-0.39, 0.29) is 12.4 Å². The lowest BCUT2D eigenvalue weighted by Gasteiger charge is -2.17. The second kappa shape index (κ2) is 8.62. The van der Waals surface area contributed by atoms with Gasteiger partial charge in [-0.1, -0.05) is 0 Å². The van der Waals surface area contributed by atoms with Gasteiger partial charge in [0, 0.05) is 0 Å². The first-order valence-corrected chi connectivity index (χ1v) is 7.28. The minimum Gasteiger partial charge on any atom is -0.348 e. The molecule has 0 aliphatic heterocycles. The second-order valence-electron chi connectivity index (χ2n) is 4.08. The zero-order chi connectivity index (χ0) is 15.3. The van der Waals surface area contributed by atoms with Crippen molar-refractivity contribution >= 4 is 51.5 Å². The summed E-state index contributed by atoms with van der Waals surface area (Å²) in [5.41, 5.74) is 4.85. The quantitative estimate of drug-likeness (QED) is 0.673. The zero-order valence-corrected chi connectivity index (χ0v) is 14.2. The van der Waals surface area contributed by atoms with E-state index in [1.165, 1.54) is 18.3 Å². The Bertz CT molecular complexity index is 502. The third kappa shape index (κ3) is 6.68. The molecule has 0 aliphatic rings. The van der Waals surface area contributed by atoms with Crippen molar-refractivity contribution in [2.24, 2.45) is 5.73 Å². The molecule has 21 heavy (non-hydrogen) atoms. The van der Waals surface area contributed by atoms with Gasteiger partial charge in [-0.25, -0.2) is 8.78 Å². The largest absolute Gasteiger partial charge is 0.348 e. The Balaban J connectivity index is 0.00000400. The van der Waals surface area contributed by atoms with Crippen LogP contribution in [0.2, 0.25) is 0 Å². The van der Waals surface area contributed by atoms with Crippen LogP contribution in [0.3, 0.4) is 0 Å². The van der Waals surface area contributed by atoms with Crippen molar-refractivity contribution in [3.8, 4) is 0 Å². The van der Waals surface area contributed by atoms with Crippen molar-refractivity contribution < 1.29 is 18.4 Å². The van der Waals surface area contributed by atoms with Gasteiger partial charge in [-0.05, 0) is 35.0 Å². The number of hydrogen-bond donors (Lipinski definition) is 3. The van der Waals surface area contributed by atoms with Crippen LogP contribution in [-0.4, -0.2) is 36.9 Å². The molecule has 0 aliphatic carbocycles. The predicted molar refractivity (Wildman–Crippen MR) is 83.2 cm³/mol. The Morgan fingerprint density at radius 3 is 2.57 bits per heavy atom. The van der Waals surface area contributed by atoms with Gasteiger partial charge in [0.15, 0.2) is 0 Å². The average molecular weight is 407 g/mol. The minimum absolute atomic E-state index is 0. The van der Waals surface area contributed by atoms with E-state index in [1.807, 2.05) is 5.32 Å². The average Bonchev–Trinajstić information content (AvgIpc) is 2.82. The minimum atomic E-state index is -3.15. The lowest BCUT2D eigenvalue weighted by molar-refractivity contribution is -0.124. The Morgan fingerprint density at radius 2 is 2.10 bits per heavy atom. The monoisotopic (exact) mass is 405 g/mol.